The highest BCUT2D eigenvalue weighted by atomic mass is 28.4. The Morgan fingerprint density at radius 1 is 1.25 bits per heavy atom. The average molecular weight is 238 g/mol. The molecule has 0 atom stereocenters. The maximum atomic E-state index is 11.1. The Kier molecular flexibility index (Phi) is 3.43. The van der Waals surface area contributed by atoms with E-state index in [1.807, 2.05) is 39.6 Å². The van der Waals surface area contributed by atoms with Crippen LogP contribution in [0.3, 0.4) is 0 Å². The summed E-state index contributed by atoms with van der Waals surface area (Å²) in [6.07, 6.45) is 0. The van der Waals surface area contributed by atoms with E-state index in [9.17, 15) is 4.79 Å². The first-order valence-electron chi connectivity index (χ1n) is 5.25. The van der Waals surface area contributed by atoms with Crippen LogP contribution < -0.4 is 4.43 Å². The van der Waals surface area contributed by atoms with Crippen molar-refractivity contribution < 1.29 is 14.3 Å². The van der Waals surface area contributed by atoms with Gasteiger partial charge in [-0.2, -0.15) is 0 Å². The molecule has 0 heterocycles. The fraction of sp³-hybridized carbons (Fsp3) is 0.417. The van der Waals surface area contributed by atoms with E-state index in [1.54, 1.807) is 6.07 Å². The lowest BCUT2D eigenvalue weighted by Gasteiger charge is -2.23. The molecule has 0 fully saturated rings. The van der Waals surface area contributed by atoms with Crippen molar-refractivity contribution >= 4 is 14.3 Å². The molecule has 0 saturated carbocycles. The molecule has 0 radical (unpaired) electrons. The van der Waals surface area contributed by atoms with Gasteiger partial charge in [0.05, 0.1) is 0 Å². The number of aryl methyl sites for hydroxylation is 1. The zero-order chi connectivity index (χ0) is 12.5. The maximum absolute atomic E-state index is 11.1. The Balaban J connectivity index is 3.32. The van der Waals surface area contributed by atoms with Gasteiger partial charge in [0.1, 0.15) is 11.3 Å². The Morgan fingerprint density at radius 2 is 1.81 bits per heavy atom. The van der Waals surface area contributed by atoms with Crippen LogP contribution in [0.2, 0.25) is 19.6 Å². The van der Waals surface area contributed by atoms with Gasteiger partial charge in [0.15, 0.2) is 0 Å². The number of aromatic carboxylic acids is 1. The highest BCUT2D eigenvalue weighted by Crippen LogP contribution is 2.28. The molecule has 0 aliphatic heterocycles. The summed E-state index contributed by atoms with van der Waals surface area (Å²) in [5, 5.41) is 9.11. The fourth-order valence-electron chi connectivity index (χ4n) is 1.40. The minimum absolute atomic E-state index is 0.255. The molecule has 1 aromatic carbocycles. The first-order chi connectivity index (χ1) is 7.22. The smallest absolute Gasteiger partial charge is 0.339 e. The number of hydrogen-bond acceptors (Lipinski definition) is 2. The lowest BCUT2D eigenvalue weighted by atomic mass is 10.0. The summed E-state index contributed by atoms with van der Waals surface area (Å²) in [5.41, 5.74) is 2.23. The predicted molar refractivity (Wildman–Crippen MR) is 66.8 cm³/mol. The Morgan fingerprint density at radius 3 is 2.25 bits per heavy atom. The molecule has 1 aromatic rings. The highest BCUT2D eigenvalue weighted by Gasteiger charge is 2.22. The van der Waals surface area contributed by atoms with Crippen LogP contribution in [0.5, 0.6) is 5.75 Å². The SMILES string of the molecule is Cc1ccc(C(=O)O)c(O[Si](C)(C)C)c1C. The molecule has 0 amide bonds. The molecule has 0 saturated heterocycles. The summed E-state index contributed by atoms with van der Waals surface area (Å²) in [7, 11) is -1.79. The number of benzene rings is 1. The van der Waals surface area contributed by atoms with E-state index in [1.165, 1.54) is 0 Å². The van der Waals surface area contributed by atoms with Crippen molar-refractivity contribution in [2.75, 3.05) is 0 Å². The molecular weight excluding hydrogens is 220 g/mol. The van der Waals surface area contributed by atoms with Crippen LogP contribution in [0, 0.1) is 13.8 Å². The standard InChI is InChI=1S/C12H18O3Si/c1-8-6-7-10(12(13)14)11(9(8)2)15-16(3,4)5/h6-7H,1-5H3,(H,13,14). The van der Waals surface area contributed by atoms with Crippen LogP contribution in [0.4, 0.5) is 0 Å². The molecule has 3 nitrogen and oxygen atoms in total. The molecule has 0 bridgehead atoms. The van der Waals surface area contributed by atoms with E-state index < -0.39 is 14.3 Å². The van der Waals surface area contributed by atoms with E-state index in [2.05, 4.69) is 0 Å². The normalized spacial score (nSPS) is 11.3. The molecule has 88 valence electrons. The van der Waals surface area contributed by atoms with E-state index in [4.69, 9.17) is 9.53 Å². The van der Waals surface area contributed by atoms with Crippen molar-refractivity contribution in [3.05, 3.63) is 28.8 Å². The van der Waals surface area contributed by atoms with Crippen LogP contribution in [-0.2, 0) is 0 Å². The second-order valence-corrected chi connectivity index (χ2v) is 9.33. The first-order valence-corrected chi connectivity index (χ1v) is 8.65. The monoisotopic (exact) mass is 238 g/mol. The second-order valence-electron chi connectivity index (χ2n) is 4.90. The van der Waals surface area contributed by atoms with Crippen LogP contribution in [0.1, 0.15) is 21.5 Å². The number of hydrogen-bond donors (Lipinski definition) is 1. The Bertz CT molecular complexity index is 419. The first kappa shape index (κ1) is 12.8. The number of carbonyl (C=O) groups is 1. The number of rotatable bonds is 3. The van der Waals surface area contributed by atoms with E-state index in [0.717, 1.165) is 11.1 Å². The zero-order valence-electron chi connectivity index (χ0n) is 10.4. The third kappa shape index (κ3) is 2.85. The fourth-order valence-corrected chi connectivity index (χ4v) is 2.27. The third-order valence-corrected chi connectivity index (χ3v) is 3.13. The summed E-state index contributed by atoms with van der Waals surface area (Å²) in [6, 6.07) is 3.43. The summed E-state index contributed by atoms with van der Waals surface area (Å²) in [4.78, 5) is 11.1. The van der Waals surface area contributed by atoms with Crippen molar-refractivity contribution in [1.82, 2.24) is 0 Å². The minimum Gasteiger partial charge on any atom is -0.544 e. The summed E-state index contributed by atoms with van der Waals surface area (Å²) in [5.74, 6) is -0.400. The Hall–Kier alpha value is -1.29. The van der Waals surface area contributed by atoms with Gasteiger partial charge in [-0.05, 0) is 50.7 Å². The predicted octanol–water partition coefficient (Wildman–Crippen LogP) is 3.22. The highest BCUT2D eigenvalue weighted by molar-refractivity contribution is 6.70. The lowest BCUT2D eigenvalue weighted by molar-refractivity contribution is 0.0694. The molecule has 1 N–H and O–H groups in total. The zero-order valence-corrected chi connectivity index (χ0v) is 11.4. The van der Waals surface area contributed by atoms with Crippen LogP contribution >= 0.6 is 0 Å². The van der Waals surface area contributed by atoms with Gasteiger partial charge >= 0.3 is 5.97 Å². The van der Waals surface area contributed by atoms with Crippen LogP contribution in [0.25, 0.3) is 0 Å². The van der Waals surface area contributed by atoms with Gasteiger partial charge in [-0.3, -0.25) is 0 Å². The van der Waals surface area contributed by atoms with Gasteiger partial charge in [-0.15, -0.1) is 0 Å². The molecule has 0 unspecified atom stereocenters. The third-order valence-electron chi connectivity index (χ3n) is 2.32. The maximum Gasteiger partial charge on any atom is 0.339 e. The molecule has 16 heavy (non-hydrogen) atoms. The molecular formula is C12H18O3Si. The largest absolute Gasteiger partial charge is 0.544 e. The summed E-state index contributed by atoms with van der Waals surface area (Å²) in [6.45, 7) is 9.98. The average Bonchev–Trinajstić information content (AvgIpc) is 2.10. The van der Waals surface area contributed by atoms with Crippen molar-refractivity contribution in [3.63, 3.8) is 0 Å². The number of carboxylic acids is 1. The lowest BCUT2D eigenvalue weighted by Crippen LogP contribution is -2.30. The van der Waals surface area contributed by atoms with E-state index >= 15 is 0 Å². The molecule has 0 aliphatic rings. The van der Waals surface area contributed by atoms with Gasteiger partial charge < -0.3 is 9.53 Å². The quantitative estimate of drug-likeness (QED) is 0.822. The van der Waals surface area contributed by atoms with Gasteiger partial charge in [-0.1, -0.05) is 6.07 Å². The van der Waals surface area contributed by atoms with Gasteiger partial charge in [0.25, 0.3) is 0 Å². The second kappa shape index (κ2) is 4.29. The summed E-state index contributed by atoms with van der Waals surface area (Å²) >= 11 is 0. The molecule has 0 aliphatic carbocycles. The van der Waals surface area contributed by atoms with E-state index in [0.29, 0.717) is 5.75 Å². The molecule has 1 rings (SSSR count). The van der Waals surface area contributed by atoms with Crippen LogP contribution in [-0.4, -0.2) is 19.4 Å². The number of carboxylic acid groups (broad SMARTS) is 1. The molecule has 0 aromatic heterocycles. The van der Waals surface area contributed by atoms with Gasteiger partial charge in [0.2, 0.25) is 8.32 Å². The van der Waals surface area contributed by atoms with Gasteiger partial charge in [-0.25, -0.2) is 4.79 Å². The van der Waals surface area contributed by atoms with Crippen LogP contribution in [0.15, 0.2) is 12.1 Å². The minimum atomic E-state index is -1.79. The van der Waals surface area contributed by atoms with Crippen molar-refractivity contribution in [3.8, 4) is 5.75 Å². The van der Waals surface area contributed by atoms with Crippen molar-refractivity contribution in [1.29, 1.82) is 0 Å². The molecule has 4 heteroatoms. The van der Waals surface area contributed by atoms with Gasteiger partial charge in [0, 0.05) is 0 Å². The Labute approximate surface area is 97.2 Å². The van der Waals surface area contributed by atoms with Crippen molar-refractivity contribution in [2.24, 2.45) is 0 Å². The van der Waals surface area contributed by atoms with Crippen molar-refractivity contribution in [2.45, 2.75) is 33.5 Å². The molecule has 0 spiro atoms. The topological polar surface area (TPSA) is 46.5 Å². The van der Waals surface area contributed by atoms with E-state index in [-0.39, 0.29) is 5.56 Å². The summed E-state index contributed by atoms with van der Waals surface area (Å²) < 4.78 is 5.86.